The smallest absolute Gasteiger partial charge is 0.248 e. The number of nitrogens with zero attached hydrogens (tertiary/aromatic N) is 1. The summed E-state index contributed by atoms with van der Waals surface area (Å²) in [6, 6.07) is 2.19. The zero-order valence-electron chi connectivity index (χ0n) is 13.9. The average Bonchev–Trinajstić information content (AvgIpc) is 2.90. The maximum atomic E-state index is 13.2. The van der Waals surface area contributed by atoms with Gasteiger partial charge in [-0.3, -0.25) is 9.59 Å². The number of carbonyl (C=O) groups excluding carboxylic acids is 2. The van der Waals surface area contributed by atoms with Gasteiger partial charge in [-0.25, -0.2) is 13.8 Å². The van der Waals surface area contributed by atoms with Gasteiger partial charge in [-0.2, -0.15) is 0 Å². The van der Waals surface area contributed by atoms with Crippen LogP contribution in [0.1, 0.15) is 30.2 Å². The van der Waals surface area contributed by atoms with E-state index in [4.69, 9.17) is 0 Å². The van der Waals surface area contributed by atoms with Gasteiger partial charge in [-0.05, 0) is 31.0 Å². The molecule has 1 heterocycles. The number of benzene rings is 1. The van der Waals surface area contributed by atoms with Gasteiger partial charge in [0.25, 0.3) is 0 Å². The third-order valence-electron chi connectivity index (χ3n) is 3.37. The van der Waals surface area contributed by atoms with Crippen LogP contribution in [-0.2, 0) is 16.0 Å². The van der Waals surface area contributed by atoms with Crippen molar-refractivity contribution in [2.24, 2.45) is 0 Å². The fourth-order valence-corrected chi connectivity index (χ4v) is 2.97. The van der Waals surface area contributed by atoms with E-state index in [-0.39, 0.29) is 17.9 Å². The fraction of sp³-hybridized carbons (Fsp3) is 0.353. The molecule has 0 fully saturated rings. The van der Waals surface area contributed by atoms with E-state index < -0.39 is 23.6 Å². The molecule has 2 rings (SSSR count). The summed E-state index contributed by atoms with van der Waals surface area (Å²) in [5.41, 5.74) is 0.209. The Balaban J connectivity index is 1.99. The van der Waals surface area contributed by atoms with Crippen LogP contribution in [0.4, 0.5) is 13.9 Å². The minimum Gasteiger partial charge on any atom is -0.344 e. The molecule has 25 heavy (non-hydrogen) atoms. The predicted molar refractivity (Wildman–Crippen MR) is 92.4 cm³/mol. The molecule has 0 unspecified atom stereocenters. The van der Waals surface area contributed by atoms with Crippen molar-refractivity contribution in [2.45, 2.75) is 39.2 Å². The molecule has 8 heteroatoms. The molecule has 0 aliphatic carbocycles. The summed E-state index contributed by atoms with van der Waals surface area (Å²) < 4.78 is 26.4. The molecule has 0 radical (unpaired) electrons. The highest BCUT2D eigenvalue weighted by Crippen LogP contribution is 2.17. The number of aromatic nitrogens is 1. The molecule has 2 amide bonds. The Bertz CT molecular complexity index is 744. The van der Waals surface area contributed by atoms with Crippen molar-refractivity contribution in [2.75, 3.05) is 5.32 Å². The van der Waals surface area contributed by atoms with Crippen molar-refractivity contribution >= 4 is 28.3 Å². The van der Waals surface area contributed by atoms with E-state index >= 15 is 0 Å². The molecular formula is C17H19F2N3O2S. The standard InChI is InChI=1S/C17H19F2N3O2S/c1-3-4-14(16(24)22-17-20-9-10(2)25-17)21-15(23)7-11-5-12(18)8-13(19)6-11/h5-6,8-9,14H,3-4,7H2,1-2H3,(H,21,23)(H,20,22,24)/t14-/m0/s1. The monoisotopic (exact) mass is 367 g/mol. The molecule has 0 saturated heterocycles. The predicted octanol–water partition coefficient (Wildman–Crippen LogP) is 3.20. The molecule has 1 aromatic heterocycles. The molecule has 1 aromatic carbocycles. The van der Waals surface area contributed by atoms with Crippen LogP contribution in [0.2, 0.25) is 0 Å². The summed E-state index contributed by atoms with van der Waals surface area (Å²) in [4.78, 5) is 29.5. The van der Waals surface area contributed by atoms with E-state index in [2.05, 4.69) is 15.6 Å². The molecule has 2 N–H and O–H groups in total. The number of anilines is 1. The van der Waals surface area contributed by atoms with Crippen LogP contribution in [0.5, 0.6) is 0 Å². The lowest BCUT2D eigenvalue weighted by Gasteiger charge is -2.17. The summed E-state index contributed by atoms with van der Waals surface area (Å²) in [6.07, 6.45) is 2.56. The molecule has 134 valence electrons. The number of nitrogens with one attached hydrogen (secondary N) is 2. The molecule has 0 aliphatic heterocycles. The number of carbonyl (C=O) groups is 2. The number of rotatable bonds is 7. The van der Waals surface area contributed by atoms with Gasteiger partial charge in [0.2, 0.25) is 11.8 Å². The van der Waals surface area contributed by atoms with Crippen molar-refractivity contribution in [3.63, 3.8) is 0 Å². The van der Waals surface area contributed by atoms with Gasteiger partial charge in [-0.1, -0.05) is 13.3 Å². The van der Waals surface area contributed by atoms with Crippen molar-refractivity contribution in [1.29, 1.82) is 0 Å². The number of halogens is 2. The van der Waals surface area contributed by atoms with E-state index in [9.17, 15) is 18.4 Å². The lowest BCUT2D eigenvalue weighted by molar-refractivity contribution is -0.126. The molecular weight excluding hydrogens is 348 g/mol. The Morgan fingerprint density at radius 3 is 2.48 bits per heavy atom. The first-order valence-corrected chi connectivity index (χ1v) is 8.66. The number of hydrogen-bond acceptors (Lipinski definition) is 4. The average molecular weight is 367 g/mol. The largest absolute Gasteiger partial charge is 0.344 e. The van der Waals surface area contributed by atoms with E-state index in [0.717, 1.165) is 23.1 Å². The Morgan fingerprint density at radius 2 is 1.92 bits per heavy atom. The van der Waals surface area contributed by atoms with Gasteiger partial charge in [0, 0.05) is 17.1 Å². The number of amides is 2. The highest BCUT2D eigenvalue weighted by atomic mass is 32.1. The first-order valence-electron chi connectivity index (χ1n) is 7.85. The number of hydrogen-bond donors (Lipinski definition) is 2. The maximum absolute atomic E-state index is 13.2. The van der Waals surface area contributed by atoms with Crippen molar-refractivity contribution < 1.29 is 18.4 Å². The van der Waals surface area contributed by atoms with E-state index in [1.165, 1.54) is 11.3 Å². The second kappa shape index (κ2) is 8.66. The lowest BCUT2D eigenvalue weighted by Crippen LogP contribution is -2.44. The molecule has 1 atom stereocenters. The van der Waals surface area contributed by atoms with Crippen LogP contribution in [-0.4, -0.2) is 22.8 Å². The van der Waals surface area contributed by atoms with Crippen LogP contribution in [0.15, 0.2) is 24.4 Å². The minimum absolute atomic E-state index is 0.209. The first-order chi connectivity index (χ1) is 11.9. The lowest BCUT2D eigenvalue weighted by atomic mass is 10.1. The molecule has 0 saturated carbocycles. The highest BCUT2D eigenvalue weighted by molar-refractivity contribution is 7.15. The fourth-order valence-electron chi connectivity index (χ4n) is 2.31. The van der Waals surface area contributed by atoms with Gasteiger partial charge in [-0.15, -0.1) is 11.3 Å². The highest BCUT2D eigenvalue weighted by Gasteiger charge is 2.21. The van der Waals surface area contributed by atoms with E-state index in [0.29, 0.717) is 18.0 Å². The van der Waals surface area contributed by atoms with Crippen LogP contribution in [0, 0.1) is 18.6 Å². The van der Waals surface area contributed by atoms with E-state index in [1.54, 1.807) is 6.20 Å². The Morgan fingerprint density at radius 1 is 1.24 bits per heavy atom. The second-order valence-corrected chi connectivity index (χ2v) is 6.86. The van der Waals surface area contributed by atoms with Gasteiger partial charge in [0.15, 0.2) is 5.13 Å². The molecule has 0 aliphatic rings. The summed E-state index contributed by atoms with van der Waals surface area (Å²) in [6.45, 7) is 3.76. The molecule has 5 nitrogen and oxygen atoms in total. The Labute approximate surface area is 148 Å². The third-order valence-corrected chi connectivity index (χ3v) is 4.20. The van der Waals surface area contributed by atoms with Crippen molar-refractivity contribution in [3.05, 3.63) is 46.5 Å². The van der Waals surface area contributed by atoms with Gasteiger partial charge < -0.3 is 10.6 Å². The Hall–Kier alpha value is -2.35. The first kappa shape index (κ1) is 19.0. The third kappa shape index (κ3) is 5.90. The Kier molecular flexibility index (Phi) is 6.58. The SMILES string of the molecule is CCC[C@H](NC(=O)Cc1cc(F)cc(F)c1)C(=O)Nc1ncc(C)s1. The normalized spacial score (nSPS) is 11.8. The summed E-state index contributed by atoms with van der Waals surface area (Å²) in [7, 11) is 0. The van der Waals surface area contributed by atoms with Gasteiger partial charge >= 0.3 is 0 Å². The van der Waals surface area contributed by atoms with Crippen LogP contribution >= 0.6 is 11.3 Å². The zero-order valence-corrected chi connectivity index (χ0v) is 14.8. The molecule has 0 spiro atoms. The minimum atomic E-state index is -0.746. The van der Waals surface area contributed by atoms with Crippen LogP contribution < -0.4 is 10.6 Å². The second-order valence-electron chi connectivity index (χ2n) is 5.63. The molecule has 0 bridgehead atoms. The topological polar surface area (TPSA) is 71.1 Å². The van der Waals surface area contributed by atoms with Crippen LogP contribution in [0.25, 0.3) is 0 Å². The van der Waals surface area contributed by atoms with Gasteiger partial charge in [0.1, 0.15) is 17.7 Å². The zero-order chi connectivity index (χ0) is 18.4. The number of aryl methyl sites for hydroxylation is 1. The van der Waals surface area contributed by atoms with E-state index in [1.807, 2.05) is 13.8 Å². The summed E-state index contributed by atoms with van der Waals surface area (Å²) in [5.74, 6) is -2.33. The van der Waals surface area contributed by atoms with Crippen molar-refractivity contribution in [3.8, 4) is 0 Å². The molecule has 2 aromatic rings. The summed E-state index contributed by atoms with van der Waals surface area (Å²) in [5, 5.41) is 5.75. The number of thiazole rings is 1. The van der Waals surface area contributed by atoms with Crippen molar-refractivity contribution in [1.82, 2.24) is 10.3 Å². The van der Waals surface area contributed by atoms with Crippen LogP contribution in [0.3, 0.4) is 0 Å². The maximum Gasteiger partial charge on any atom is 0.248 e. The summed E-state index contributed by atoms with van der Waals surface area (Å²) >= 11 is 1.34. The quantitative estimate of drug-likeness (QED) is 0.789. The van der Waals surface area contributed by atoms with Gasteiger partial charge in [0.05, 0.1) is 6.42 Å².